The Morgan fingerprint density at radius 3 is 2.51 bits per heavy atom. The maximum Gasteiger partial charge on any atom is 0.145 e. The number of aliphatic hydroxyl groups excluding tert-OH is 3. The number of hydrogen-bond donors (Lipinski definition) is 5. The van der Waals surface area contributed by atoms with Gasteiger partial charge in [0.25, 0.3) is 0 Å². The highest BCUT2D eigenvalue weighted by atomic mass is 16.3. The summed E-state index contributed by atoms with van der Waals surface area (Å²) in [5, 5.41) is 49.1. The molecule has 0 aliphatic heterocycles. The van der Waals surface area contributed by atoms with Crippen LogP contribution in [-0.2, 0) is 4.79 Å². The minimum Gasteiger partial charge on any atom is -0.396 e. The maximum absolute atomic E-state index is 12.7. The summed E-state index contributed by atoms with van der Waals surface area (Å²) in [5.74, 6) is -0.763. The fourth-order valence-electron chi connectivity index (χ4n) is 9.39. The molecule has 7 atom stereocenters. The van der Waals surface area contributed by atoms with Crippen LogP contribution < -0.4 is 5.32 Å². The molecule has 0 aromatic rings. The highest BCUT2D eigenvalue weighted by molar-refractivity contribution is 5.74. The Morgan fingerprint density at radius 2 is 1.87 bits per heavy atom. The molecule has 4 aliphatic carbocycles. The van der Waals surface area contributed by atoms with Crippen LogP contribution in [-0.4, -0.2) is 65.2 Å². The van der Waals surface area contributed by atoms with Crippen molar-refractivity contribution in [1.82, 2.24) is 5.32 Å². The normalized spacial score (nSPS) is 34.4. The molecule has 6 nitrogen and oxygen atoms in total. The predicted molar refractivity (Wildman–Crippen MR) is 182 cm³/mol. The van der Waals surface area contributed by atoms with Crippen molar-refractivity contribution in [3.05, 3.63) is 69.9 Å². The molecule has 4 aliphatic rings. The largest absolute Gasteiger partial charge is 0.396 e. The van der Waals surface area contributed by atoms with Crippen LogP contribution in [0.5, 0.6) is 0 Å². The van der Waals surface area contributed by atoms with Gasteiger partial charge in [-0.1, -0.05) is 59.6 Å². The second kappa shape index (κ2) is 16.1. The van der Waals surface area contributed by atoms with Gasteiger partial charge >= 0.3 is 0 Å². The summed E-state index contributed by atoms with van der Waals surface area (Å²) in [6.07, 6.45) is 23.6. The van der Waals surface area contributed by atoms with Crippen LogP contribution in [0.2, 0.25) is 0 Å². The summed E-state index contributed by atoms with van der Waals surface area (Å²) in [6, 6.07) is 0. The number of nitrogens with one attached hydrogen (secondary N) is 1. The smallest absolute Gasteiger partial charge is 0.145 e. The van der Waals surface area contributed by atoms with E-state index in [4.69, 9.17) is 0 Å². The van der Waals surface area contributed by atoms with E-state index >= 15 is 0 Å². The van der Waals surface area contributed by atoms with Crippen molar-refractivity contribution in [2.75, 3.05) is 26.8 Å². The number of hydrogen-bond acceptors (Lipinski definition) is 6. The van der Waals surface area contributed by atoms with E-state index in [1.165, 1.54) is 30.4 Å². The molecule has 0 amide bonds. The van der Waals surface area contributed by atoms with Crippen molar-refractivity contribution in [1.29, 1.82) is 0 Å². The topological polar surface area (TPSA) is 110 Å². The second-order valence-corrected chi connectivity index (χ2v) is 14.4. The molecule has 5 N–H and O–H groups in total. The molecular formula is C39H59NO5. The van der Waals surface area contributed by atoms with Crippen molar-refractivity contribution in [2.24, 2.45) is 29.1 Å². The Bertz CT molecular complexity index is 1210. The number of aldehydes is 1. The molecule has 0 unspecified atom stereocenters. The Morgan fingerprint density at radius 1 is 1.11 bits per heavy atom. The molecule has 1 spiro atoms. The van der Waals surface area contributed by atoms with Crippen molar-refractivity contribution in [2.45, 2.75) is 110 Å². The van der Waals surface area contributed by atoms with E-state index in [1.54, 1.807) is 5.57 Å². The maximum atomic E-state index is 12.7. The zero-order chi connectivity index (χ0) is 32.6. The minimum atomic E-state index is -1.18. The third kappa shape index (κ3) is 7.41. The number of rotatable bonds is 13. The first-order valence-corrected chi connectivity index (χ1v) is 17.5. The van der Waals surface area contributed by atoms with E-state index in [-0.39, 0.29) is 36.9 Å². The molecule has 3 saturated carbocycles. The van der Waals surface area contributed by atoms with E-state index in [0.717, 1.165) is 43.1 Å². The first kappa shape index (κ1) is 35.8. The van der Waals surface area contributed by atoms with Gasteiger partial charge in [-0.25, -0.2) is 0 Å². The summed E-state index contributed by atoms with van der Waals surface area (Å²) in [7, 11) is 1.87. The monoisotopic (exact) mass is 621 g/mol. The standard InChI is InChI=1S/C39H59NO5/c1-27(2)10-8-13-30(29-11-6-5-7-12-29)14-9-15-33(26-43)34-18-20-39(37(34)44)36-31(19-23-41)16-17-32(35(36)28(3)25-42)24-38(39,45)21-22-40-4/h9-10,14-17,25,31-32,34,36-37,40-41,43-45H,5-8,11-13,18-24,26H2,1-4H3/b14-9-,33-15-,35-28?/t31-,32-,34-,36-,37+,38+,39+/m0/s1. The van der Waals surface area contributed by atoms with E-state index in [0.29, 0.717) is 44.2 Å². The van der Waals surface area contributed by atoms with Gasteiger partial charge in [-0.05, 0) is 134 Å². The van der Waals surface area contributed by atoms with E-state index in [2.05, 4.69) is 49.5 Å². The third-order valence-corrected chi connectivity index (χ3v) is 11.5. The van der Waals surface area contributed by atoms with E-state index < -0.39 is 17.1 Å². The van der Waals surface area contributed by atoms with E-state index in [9.17, 15) is 25.2 Å². The number of fused-ring (bicyclic) bond motifs is 3. The number of allylic oxidation sites excluding steroid dienone is 11. The predicted octanol–water partition coefficient (Wildman–Crippen LogP) is 6.29. The number of carbonyl (C=O) groups is 1. The lowest BCUT2D eigenvalue weighted by Crippen LogP contribution is -2.65. The Hall–Kier alpha value is -2.09. The van der Waals surface area contributed by atoms with Crippen LogP contribution in [0, 0.1) is 29.1 Å². The summed E-state index contributed by atoms with van der Waals surface area (Å²) in [4.78, 5) is 12.2. The third-order valence-electron chi connectivity index (χ3n) is 11.5. The van der Waals surface area contributed by atoms with Gasteiger partial charge in [-0.3, -0.25) is 4.79 Å². The van der Waals surface area contributed by atoms with Crippen molar-refractivity contribution < 1.29 is 25.2 Å². The molecular weight excluding hydrogens is 562 g/mol. The highest BCUT2D eigenvalue weighted by Gasteiger charge is 2.68. The van der Waals surface area contributed by atoms with Crippen LogP contribution in [0.4, 0.5) is 0 Å². The molecule has 0 heterocycles. The van der Waals surface area contributed by atoms with Crippen LogP contribution in [0.1, 0.15) is 97.8 Å². The van der Waals surface area contributed by atoms with Crippen LogP contribution in [0.25, 0.3) is 0 Å². The minimum absolute atomic E-state index is 0.00776. The van der Waals surface area contributed by atoms with Gasteiger partial charge in [0.1, 0.15) is 6.29 Å². The molecule has 4 rings (SSSR count). The summed E-state index contributed by atoms with van der Waals surface area (Å²) in [6.45, 7) is 6.56. The zero-order valence-electron chi connectivity index (χ0n) is 28.2. The Balaban J connectivity index is 1.73. The first-order valence-electron chi connectivity index (χ1n) is 17.5. The lowest BCUT2D eigenvalue weighted by Gasteiger charge is -2.61. The molecule has 0 aromatic carbocycles. The molecule has 3 fully saturated rings. The fourth-order valence-corrected chi connectivity index (χ4v) is 9.39. The van der Waals surface area contributed by atoms with Gasteiger partial charge in [0, 0.05) is 23.9 Å². The lowest BCUT2D eigenvalue weighted by molar-refractivity contribution is -0.194. The highest BCUT2D eigenvalue weighted by Crippen LogP contribution is 2.67. The van der Waals surface area contributed by atoms with Crippen LogP contribution >= 0.6 is 0 Å². The lowest BCUT2D eigenvalue weighted by atomic mass is 9.45. The SMILES string of the molecule is CNCC[C@@]1(O)C[C@@H]2C=C[C@@H](CCO)[C@@H](C2=C(C)C=O)[C@@]12CC[C@@H](/C(=C\C=C/C(CCC=C(C)C)=C1CCCCC1)CO)[C@H]2O. The first-order chi connectivity index (χ1) is 21.7. The van der Waals surface area contributed by atoms with Gasteiger partial charge < -0.3 is 25.7 Å². The quantitative estimate of drug-likeness (QED) is 0.0716. The van der Waals surface area contributed by atoms with Gasteiger partial charge in [-0.2, -0.15) is 0 Å². The summed E-state index contributed by atoms with van der Waals surface area (Å²) in [5.41, 5.74) is 4.65. The molecule has 6 heteroatoms. The van der Waals surface area contributed by atoms with E-state index in [1.807, 2.05) is 20.0 Å². The Labute approximate surface area is 271 Å². The number of aliphatic hydroxyl groups is 4. The van der Waals surface area contributed by atoms with Crippen LogP contribution in [0.15, 0.2) is 69.9 Å². The molecule has 250 valence electrons. The second-order valence-electron chi connectivity index (χ2n) is 14.4. The average Bonchev–Trinajstić information content (AvgIpc) is 3.38. The van der Waals surface area contributed by atoms with Gasteiger partial charge in [0.2, 0.25) is 0 Å². The van der Waals surface area contributed by atoms with Gasteiger partial charge in [0.05, 0.1) is 18.3 Å². The van der Waals surface area contributed by atoms with Crippen molar-refractivity contribution >= 4 is 6.29 Å². The van der Waals surface area contributed by atoms with Gasteiger partial charge in [0.15, 0.2) is 0 Å². The zero-order valence-corrected chi connectivity index (χ0v) is 28.2. The summed E-state index contributed by atoms with van der Waals surface area (Å²) < 4.78 is 0. The van der Waals surface area contributed by atoms with Crippen molar-refractivity contribution in [3.8, 4) is 0 Å². The summed E-state index contributed by atoms with van der Waals surface area (Å²) >= 11 is 0. The number of carbonyl (C=O) groups excluding carboxylic acids is 1. The molecule has 0 radical (unpaired) electrons. The average molecular weight is 622 g/mol. The molecule has 0 aromatic heterocycles. The fraction of sp³-hybridized carbons (Fsp3) is 0.667. The van der Waals surface area contributed by atoms with Crippen LogP contribution in [0.3, 0.4) is 0 Å². The van der Waals surface area contributed by atoms with Gasteiger partial charge in [-0.15, -0.1) is 0 Å². The van der Waals surface area contributed by atoms with Crippen molar-refractivity contribution in [3.63, 3.8) is 0 Å². The molecule has 0 saturated heterocycles. The molecule has 45 heavy (non-hydrogen) atoms. The Kier molecular flexibility index (Phi) is 12.8. The molecule has 2 bridgehead atoms.